The van der Waals surface area contributed by atoms with Crippen LogP contribution in [0.25, 0.3) is 16.6 Å². The summed E-state index contributed by atoms with van der Waals surface area (Å²) in [5.41, 5.74) is 4.99. The zero-order chi connectivity index (χ0) is 56.9. The van der Waals surface area contributed by atoms with E-state index in [0.29, 0.717) is 65.7 Å². The van der Waals surface area contributed by atoms with Crippen LogP contribution in [0.4, 0.5) is 17.6 Å². The van der Waals surface area contributed by atoms with Crippen LogP contribution in [0, 0.1) is 32.6 Å². The van der Waals surface area contributed by atoms with Crippen molar-refractivity contribution < 1.29 is 32.3 Å². The van der Waals surface area contributed by atoms with Gasteiger partial charge in [-0.3, -0.25) is 29.2 Å². The third-order valence-electron chi connectivity index (χ3n) is 16.1. The molecular formula is C58H76N14O7S. The molecule has 0 bridgehead atoms. The number of fused-ring (bicyclic) bond motifs is 1. The lowest BCUT2D eigenvalue weighted by Gasteiger charge is -2.35. The number of carbonyl (C=O) groups is 4. The first kappa shape index (κ1) is 57.5. The number of ketones is 2. The highest BCUT2D eigenvalue weighted by Gasteiger charge is 2.45. The lowest BCUT2D eigenvalue weighted by molar-refractivity contribution is -0.142. The van der Waals surface area contributed by atoms with Crippen molar-refractivity contribution in [1.29, 1.82) is 0 Å². The first-order chi connectivity index (χ1) is 38.3. The molecule has 2 aliphatic heterocycles. The highest BCUT2D eigenvalue weighted by molar-refractivity contribution is 7.92. The number of aromatic nitrogens is 8. The molecule has 4 aromatic heterocycles. The lowest BCUT2D eigenvalue weighted by atomic mass is 9.83. The number of nitrogens with one attached hydrogen (secondary N) is 4. The van der Waals surface area contributed by atoms with Crippen molar-refractivity contribution in [2.75, 3.05) is 63.1 Å². The molecule has 6 aromatic rings. The fourth-order valence-electron chi connectivity index (χ4n) is 11.0. The van der Waals surface area contributed by atoms with Crippen molar-refractivity contribution in [3.8, 4) is 11.4 Å². The Morgan fingerprint density at radius 1 is 0.900 bits per heavy atom. The largest absolute Gasteiger partial charge is 0.492 e. The number of likely N-dealkylation sites (N-methyl/N-ethyl adjacent to an activating group) is 1. The Morgan fingerprint density at radius 3 is 2.30 bits per heavy atom. The molecule has 6 heterocycles. The van der Waals surface area contributed by atoms with Gasteiger partial charge in [-0.1, -0.05) is 37.5 Å². The van der Waals surface area contributed by atoms with Crippen molar-refractivity contribution in [1.82, 2.24) is 60.3 Å². The van der Waals surface area contributed by atoms with E-state index in [0.717, 1.165) is 74.4 Å². The molecule has 426 valence electrons. The standard InChI is InChI=1S/C58H76N14O7S/c1-36-26-44(72(68-36)43-18-13-10-14-19-43)29-49(74)47-27-40(34-71(47)56(76)52(41-16-11-9-12-17-41)64-55(75)39(4)59-8)28-48(73)42-32-60-57(61-33-42)70-23-21-69(22-24-70)20-15-25-79-50-31-46-45(30-51(50)80(77,78)58(5,6)7)54(63-35-62-46)65-53-37(2)38(3)66-67-53/h10,13-14,18-19,26,30-33,35,39-41,47,52,59H,9,11-12,15-17,20-25,27-29,34H2,1-8H3,(H,64,75)(H2,62,63,65,66,67)/t39-,40+,47-,52-/m0/s1. The zero-order valence-electron chi connectivity index (χ0n) is 47.3. The molecule has 2 aromatic carbocycles. The summed E-state index contributed by atoms with van der Waals surface area (Å²) < 4.78 is 35.0. The maximum Gasteiger partial charge on any atom is 0.246 e. The van der Waals surface area contributed by atoms with Crippen LogP contribution in [0.15, 0.2) is 72.1 Å². The molecule has 4 N–H and O–H groups in total. The average molecular weight is 1110 g/mol. The van der Waals surface area contributed by atoms with Crippen LogP contribution in [-0.2, 0) is 30.6 Å². The van der Waals surface area contributed by atoms with E-state index in [-0.39, 0.29) is 71.9 Å². The predicted octanol–water partition coefficient (Wildman–Crippen LogP) is 6.44. The number of H-pyrrole nitrogens is 1. The number of piperazine rings is 1. The number of Topliss-reactive ketones (excluding diaryl/α,β-unsaturated/α-hetero) is 2. The molecule has 0 radical (unpaired) electrons. The fraction of sp³-hybridized carbons (Fsp3) is 0.517. The molecule has 9 rings (SSSR count). The molecule has 2 saturated heterocycles. The van der Waals surface area contributed by atoms with Gasteiger partial charge in [-0.2, -0.15) is 10.2 Å². The number of anilines is 3. The van der Waals surface area contributed by atoms with Gasteiger partial charge in [-0.15, -0.1) is 0 Å². The van der Waals surface area contributed by atoms with Crippen molar-refractivity contribution >= 4 is 61.7 Å². The first-order valence-electron chi connectivity index (χ1n) is 28.0. The molecular weight excluding hydrogens is 1040 g/mol. The van der Waals surface area contributed by atoms with Gasteiger partial charge in [-0.25, -0.2) is 33.0 Å². The Bertz CT molecular complexity index is 3290. The molecule has 80 heavy (non-hydrogen) atoms. The van der Waals surface area contributed by atoms with Crippen LogP contribution in [0.3, 0.4) is 0 Å². The van der Waals surface area contributed by atoms with Gasteiger partial charge in [0.15, 0.2) is 27.2 Å². The number of para-hydroxylation sites is 1. The van der Waals surface area contributed by atoms with E-state index < -0.39 is 32.7 Å². The molecule has 4 atom stereocenters. The minimum absolute atomic E-state index is 0.0309. The number of aromatic amines is 1. The van der Waals surface area contributed by atoms with E-state index >= 15 is 0 Å². The smallest absolute Gasteiger partial charge is 0.246 e. The summed E-state index contributed by atoms with van der Waals surface area (Å²) in [6.07, 6.45) is 10.2. The zero-order valence-corrected chi connectivity index (χ0v) is 48.1. The normalized spacial score (nSPS) is 18.3. The monoisotopic (exact) mass is 1110 g/mol. The number of carbonyl (C=O) groups excluding carboxylic acids is 4. The second kappa shape index (κ2) is 24.7. The maximum absolute atomic E-state index is 14.9. The molecule has 1 aliphatic carbocycles. The Kier molecular flexibility index (Phi) is 17.7. The number of aryl methyl sites for hydroxylation is 2. The molecule has 0 unspecified atom stereocenters. The lowest BCUT2D eigenvalue weighted by Crippen LogP contribution is -2.57. The van der Waals surface area contributed by atoms with Gasteiger partial charge in [0.05, 0.1) is 58.0 Å². The number of hydrogen-bond acceptors (Lipinski definition) is 17. The molecule has 1 saturated carbocycles. The maximum atomic E-state index is 14.9. The van der Waals surface area contributed by atoms with E-state index in [1.807, 2.05) is 57.2 Å². The highest BCUT2D eigenvalue weighted by Crippen LogP contribution is 2.38. The minimum atomic E-state index is -3.85. The van der Waals surface area contributed by atoms with E-state index in [2.05, 4.69) is 61.0 Å². The molecule has 3 fully saturated rings. The Hall–Kier alpha value is -7.17. The molecule has 2 amide bonds. The summed E-state index contributed by atoms with van der Waals surface area (Å²) in [7, 11) is -2.15. The van der Waals surface area contributed by atoms with Crippen molar-refractivity contribution in [2.45, 2.75) is 134 Å². The number of likely N-dealkylation sites (tertiary alicyclic amines) is 1. The van der Waals surface area contributed by atoms with Crippen LogP contribution in [0.1, 0.15) is 112 Å². The number of ether oxygens (including phenoxy) is 1. The van der Waals surface area contributed by atoms with Gasteiger partial charge in [0, 0.05) is 80.8 Å². The van der Waals surface area contributed by atoms with Crippen molar-refractivity contribution in [2.24, 2.45) is 11.8 Å². The van der Waals surface area contributed by atoms with Gasteiger partial charge in [0.2, 0.25) is 17.8 Å². The number of benzene rings is 2. The SMILES string of the molecule is CN[C@@H](C)C(=O)N[C@H](C(=O)N1C[C@@H](CC(=O)c2cnc(N3CCN(CCCOc4cc5ncnc(Nc6n[nH]c(C)c6C)c5cc4S(=O)(=O)C(C)(C)C)CC3)nc2)C[C@H]1C(=O)Cc1cc(C)nn1-c1ccccc1)C1CCCCC1. The molecule has 3 aliphatic rings. The number of hydrogen-bond donors (Lipinski definition) is 4. The summed E-state index contributed by atoms with van der Waals surface area (Å²) in [4.78, 5) is 81.3. The van der Waals surface area contributed by atoms with Crippen LogP contribution < -0.4 is 25.6 Å². The van der Waals surface area contributed by atoms with E-state index in [4.69, 9.17) is 4.74 Å². The van der Waals surface area contributed by atoms with Crippen LogP contribution in [0.2, 0.25) is 0 Å². The van der Waals surface area contributed by atoms with Gasteiger partial charge >= 0.3 is 0 Å². The summed E-state index contributed by atoms with van der Waals surface area (Å²) in [5.74, 6) is 0.495. The number of sulfone groups is 1. The van der Waals surface area contributed by atoms with Gasteiger partial charge in [0.25, 0.3) is 0 Å². The Morgan fingerprint density at radius 2 is 1.62 bits per heavy atom. The number of amides is 2. The van der Waals surface area contributed by atoms with Gasteiger partial charge < -0.3 is 30.5 Å². The van der Waals surface area contributed by atoms with Crippen molar-refractivity contribution in [3.05, 3.63) is 95.5 Å². The third kappa shape index (κ3) is 12.9. The average Bonchev–Trinajstić information content (AvgIpc) is 4.15. The topological polar surface area (TPSA) is 256 Å². The molecule has 21 nitrogen and oxygen atoms in total. The molecule has 22 heteroatoms. The van der Waals surface area contributed by atoms with Crippen LogP contribution in [-0.4, -0.2) is 157 Å². The summed E-state index contributed by atoms with van der Waals surface area (Å²) >= 11 is 0. The van der Waals surface area contributed by atoms with E-state index in [9.17, 15) is 27.6 Å². The van der Waals surface area contributed by atoms with E-state index in [1.54, 1.807) is 68.9 Å². The second-order valence-electron chi connectivity index (χ2n) is 22.7. The van der Waals surface area contributed by atoms with Gasteiger partial charge in [0.1, 0.15) is 28.8 Å². The van der Waals surface area contributed by atoms with Crippen LogP contribution >= 0.6 is 0 Å². The van der Waals surface area contributed by atoms with E-state index in [1.165, 1.54) is 6.33 Å². The predicted molar refractivity (Wildman–Crippen MR) is 305 cm³/mol. The fourth-order valence-corrected chi connectivity index (χ4v) is 12.3. The minimum Gasteiger partial charge on any atom is -0.492 e. The second-order valence-corrected chi connectivity index (χ2v) is 25.4. The highest BCUT2D eigenvalue weighted by atomic mass is 32.2. The van der Waals surface area contributed by atoms with Crippen LogP contribution in [0.5, 0.6) is 5.75 Å². The summed E-state index contributed by atoms with van der Waals surface area (Å²) in [5, 5.41) is 21.8. The summed E-state index contributed by atoms with van der Waals surface area (Å²) in [6, 6.07) is 12.6. The first-order valence-corrected chi connectivity index (χ1v) is 29.5. The number of rotatable bonds is 21. The third-order valence-corrected chi connectivity index (χ3v) is 18.6. The summed E-state index contributed by atoms with van der Waals surface area (Å²) in [6.45, 7) is 16.5. The molecule has 0 spiro atoms. The quantitative estimate of drug-likeness (QED) is 0.0447. The van der Waals surface area contributed by atoms with Crippen molar-refractivity contribution in [3.63, 3.8) is 0 Å². The Labute approximate surface area is 468 Å². The number of nitrogens with zero attached hydrogens (tertiary/aromatic N) is 10. The van der Waals surface area contributed by atoms with Gasteiger partial charge in [-0.05, 0) is 117 Å². The Balaban J connectivity index is 0.821.